The molecule has 7 heteroatoms. The van der Waals surface area contributed by atoms with Gasteiger partial charge >= 0.3 is 0 Å². The van der Waals surface area contributed by atoms with Crippen molar-refractivity contribution in [3.8, 4) is 5.75 Å². The Kier molecular flexibility index (Phi) is 5.87. The summed E-state index contributed by atoms with van der Waals surface area (Å²) in [5, 5.41) is 4.92. The van der Waals surface area contributed by atoms with E-state index in [-0.39, 0.29) is 18.4 Å². The maximum atomic E-state index is 12.2. The molecular weight excluding hydrogens is 382 g/mol. The number of carbonyl (C=O) groups excluding carboxylic acids is 1. The molecule has 1 N–H and O–H groups in total. The minimum absolute atomic E-state index is 0.112. The Morgan fingerprint density at radius 3 is 2.78 bits per heavy atom. The maximum absolute atomic E-state index is 12.2. The molecule has 0 saturated heterocycles. The molecule has 0 unspecified atom stereocenters. The first-order chi connectivity index (χ1) is 12.9. The van der Waals surface area contributed by atoms with Crippen molar-refractivity contribution < 1.29 is 9.53 Å². The van der Waals surface area contributed by atoms with Crippen LogP contribution in [-0.2, 0) is 11.8 Å². The molecule has 0 radical (unpaired) electrons. The van der Waals surface area contributed by atoms with Gasteiger partial charge in [-0.1, -0.05) is 48.9 Å². The number of thiazole rings is 1. The Balaban J connectivity index is 1.72. The molecule has 27 heavy (non-hydrogen) atoms. The first-order valence-electron chi connectivity index (χ1n) is 8.66. The topological polar surface area (TPSA) is 55.6 Å². The van der Waals surface area contributed by atoms with Crippen LogP contribution in [-0.4, -0.2) is 17.1 Å². The lowest BCUT2D eigenvalue weighted by Crippen LogP contribution is -2.28. The second-order valence-electron chi connectivity index (χ2n) is 6.64. The van der Waals surface area contributed by atoms with Crippen molar-refractivity contribution in [2.45, 2.75) is 26.7 Å². The van der Waals surface area contributed by atoms with Crippen molar-refractivity contribution in [3.05, 3.63) is 57.3 Å². The van der Waals surface area contributed by atoms with E-state index in [1.54, 1.807) is 0 Å². The normalized spacial score (nSPS) is 12.0. The Hall–Kier alpha value is -2.31. The van der Waals surface area contributed by atoms with E-state index < -0.39 is 0 Å². The molecule has 1 aromatic heterocycles. The molecule has 3 rings (SSSR count). The zero-order valence-corrected chi connectivity index (χ0v) is 17.3. The minimum atomic E-state index is -0.310. The van der Waals surface area contributed by atoms with Crippen molar-refractivity contribution in [1.82, 2.24) is 9.99 Å². The number of aromatic nitrogens is 1. The van der Waals surface area contributed by atoms with Gasteiger partial charge in [0.1, 0.15) is 5.75 Å². The molecule has 0 bridgehead atoms. The van der Waals surface area contributed by atoms with Crippen molar-refractivity contribution in [1.29, 1.82) is 0 Å². The second-order valence-corrected chi connectivity index (χ2v) is 8.06. The second kappa shape index (κ2) is 8.15. The Labute approximate surface area is 167 Å². The molecule has 0 aliphatic carbocycles. The highest BCUT2D eigenvalue weighted by atomic mass is 35.5. The van der Waals surface area contributed by atoms with Crippen LogP contribution in [0.2, 0.25) is 5.02 Å². The zero-order chi connectivity index (χ0) is 19.6. The monoisotopic (exact) mass is 403 g/mol. The molecule has 0 aliphatic rings. The predicted octanol–water partition coefficient (Wildman–Crippen LogP) is 4.34. The fraction of sp³-hybridized carbons (Fsp3) is 0.300. The van der Waals surface area contributed by atoms with Crippen LogP contribution < -0.4 is 15.0 Å². The lowest BCUT2D eigenvalue weighted by atomic mass is 10.0. The molecule has 1 amide bonds. The van der Waals surface area contributed by atoms with Gasteiger partial charge in [0.2, 0.25) is 4.80 Å². The third-order valence-electron chi connectivity index (χ3n) is 4.26. The average molecular weight is 404 g/mol. The summed E-state index contributed by atoms with van der Waals surface area (Å²) >= 11 is 7.72. The number of benzene rings is 2. The fourth-order valence-electron chi connectivity index (χ4n) is 2.72. The van der Waals surface area contributed by atoms with Crippen LogP contribution in [0.5, 0.6) is 5.75 Å². The number of ether oxygens (including phenoxy) is 1. The fourth-order valence-corrected chi connectivity index (χ4v) is 3.87. The third kappa shape index (κ3) is 4.34. The molecule has 2 aromatic carbocycles. The van der Waals surface area contributed by atoms with Crippen LogP contribution in [0.1, 0.15) is 30.9 Å². The maximum Gasteiger partial charge on any atom is 0.278 e. The minimum Gasteiger partial charge on any atom is -0.483 e. The van der Waals surface area contributed by atoms with E-state index in [0.717, 1.165) is 26.1 Å². The van der Waals surface area contributed by atoms with Gasteiger partial charge in [0.15, 0.2) is 6.61 Å². The van der Waals surface area contributed by atoms with E-state index in [2.05, 4.69) is 24.4 Å². The van der Waals surface area contributed by atoms with Gasteiger partial charge in [-0.05, 0) is 48.2 Å². The average Bonchev–Trinajstić information content (AvgIpc) is 2.96. The van der Waals surface area contributed by atoms with Crippen LogP contribution in [0.15, 0.2) is 41.5 Å². The molecule has 0 fully saturated rings. The van der Waals surface area contributed by atoms with Crippen molar-refractivity contribution >= 4 is 39.1 Å². The van der Waals surface area contributed by atoms with Gasteiger partial charge in [0, 0.05) is 12.1 Å². The number of rotatable bonds is 5. The molecule has 3 aromatic rings. The van der Waals surface area contributed by atoms with Gasteiger partial charge < -0.3 is 9.30 Å². The number of nitrogens with one attached hydrogen (secondary N) is 1. The Bertz CT molecular complexity index is 1050. The van der Waals surface area contributed by atoms with Gasteiger partial charge in [-0.3, -0.25) is 4.79 Å². The lowest BCUT2D eigenvalue weighted by Gasteiger charge is -2.15. The number of fused-ring (bicyclic) bond motifs is 1. The van der Waals surface area contributed by atoms with E-state index in [9.17, 15) is 4.79 Å². The first-order valence-corrected chi connectivity index (χ1v) is 9.86. The van der Waals surface area contributed by atoms with Crippen LogP contribution in [0.4, 0.5) is 0 Å². The number of carbonyl (C=O) groups is 1. The smallest absolute Gasteiger partial charge is 0.278 e. The van der Waals surface area contributed by atoms with Crippen LogP contribution >= 0.6 is 22.9 Å². The standard InChI is InChI=1S/C20H22ClN3O2S/c1-12(2)14-10-15(21)13(3)9-17(14)26-11-19(25)22-23-20-24(4)16-7-5-6-8-18(16)27-20/h5-10,12H,11H2,1-4H3,(H,22,25)/b23-20+. The summed E-state index contributed by atoms with van der Waals surface area (Å²) in [6.45, 7) is 5.92. The Morgan fingerprint density at radius 2 is 2.07 bits per heavy atom. The van der Waals surface area contributed by atoms with Crippen LogP contribution in [0.25, 0.3) is 10.2 Å². The number of para-hydroxylation sites is 1. The largest absolute Gasteiger partial charge is 0.483 e. The van der Waals surface area contributed by atoms with Crippen LogP contribution in [0, 0.1) is 6.92 Å². The number of aryl methyl sites for hydroxylation is 2. The quantitative estimate of drug-likeness (QED) is 0.644. The van der Waals surface area contributed by atoms with Crippen LogP contribution in [0.3, 0.4) is 0 Å². The highest BCUT2D eigenvalue weighted by molar-refractivity contribution is 7.16. The summed E-state index contributed by atoms with van der Waals surface area (Å²) in [6.07, 6.45) is 0. The number of hydrogen-bond donors (Lipinski definition) is 1. The van der Waals surface area contributed by atoms with E-state index in [1.165, 1.54) is 11.3 Å². The Morgan fingerprint density at radius 1 is 1.33 bits per heavy atom. The molecular formula is C20H22ClN3O2S. The van der Waals surface area contributed by atoms with Gasteiger partial charge in [0.25, 0.3) is 5.91 Å². The van der Waals surface area contributed by atoms with E-state index >= 15 is 0 Å². The summed E-state index contributed by atoms with van der Waals surface area (Å²) in [6, 6.07) is 11.8. The van der Waals surface area contributed by atoms with Gasteiger partial charge in [-0.2, -0.15) is 0 Å². The van der Waals surface area contributed by atoms with Crippen molar-refractivity contribution in [2.24, 2.45) is 12.1 Å². The number of hydrogen-bond acceptors (Lipinski definition) is 4. The molecule has 0 spiro atoms. The highest BCUT2D eigenvalue weighted by Crippen LogP contribution is 2.31. The summed E-state index contributed by atoms with van der Waals surface area (Å²) in [5.74, 6) is 0.604. The summed E-state index contributed by atoms with van der Waals surface area (Å²) < 4.78 is 8.80. The van der Waals surface area contributed by atoms with Gasteiger partial charge in [-0.15, -0.1) is 5.10 Å². The van der Waals surface area contributed by atoms with Gasteiger partial charge in [0.05, 0.1) is 10.2 Å². The third-order valence-corrected chi connectivity index (χ3v) is 5.78. The molecule has 5 nitrogen and oxygen atoms in total. The first kappa shape index (κ1) is 19.5. The molecule has 0 saturated carbocycles. The summed E-state index contributed by atoms with van der Waals surface area (Å²) in [5.41, 5.74) is 5.54. The SMILES string of the molecule is Cc1cc(OCC(=O)N/N=c2/sc3ccccc3n2C)c(C(C)C)cc1Cl. The number of halogens is 1. The van der Waals surface area contributed by atoms with Crippen molar-refractivity contribution in [3.63, 3.8) is 0 Å². The zero-order valence-electron chi connectivity index (χ0n) is 15.7. The molecule has 1 heterocycles. The van der Waals surface area contributed by atoms with E-state index in [1.807, 2.05) is 54.9 Å². The summed E-state index contributed by atoms with van der Waals surface area (Å²) in [4.78, 5) is 12.9. The number of amides is 1. The lowest BCUT2D eigenvalue weighted by molar-refractivity contribution is -0.123. The summed E-state index contributed by atoms with van der Waals surface area (Å²) in [7, 11) is 1.92. The predicted molar refractivity (Wildman–Crippen MR) is 110 cm³/mol. The van der Waals surface area contributed by atoms with E-state index in [0.29, 0.717) is 10.8 Å². The molecule has 142 valence electrons. The molecule has 0 atom stereocenters. The van der Waals surface area contributed by atoms with Crippen molar-refractivity contribution in [2.75, 3.05) is 6.61 Å². The number of nitrogens with zero attached hydrogens (tertiary/aromatic N) is 2. The van der Waals surface area contributed by atoms with E-state index in [4.69, 9.17) is 16.3 Å². The molecule has 0 aliphatic heterocycles. The van der Waals surface area contributed by atoms with Gasteiger partial charge in [-0.25, -0.2) is 5.43 Å². The highest BCUT2D eigenvalue weighted by Gasteiger charge is 2.12.